The second-order valence-electron chi connectivity index (χ2n) is 28.7. The number of hydrogen-bond donors (Lipinski definition) is 0. The molecule has 4 heteroatoms. The van der Waals surface area contributed by atoms with Crippen LogP contribution < -0.4 is 9.80 Å². The van der Waals surface area contributed by atoms with Crippen molar-refractivity contribution < 1.29 is 8.83 Å². The molecule has 20 rings (SSSR count). The first-order valence-corrected chi connectivity index (χ1v) is 37.4. The molecular formula is C105H74N2O2. The van der Waals surface area contributed by atoms with E-state index in [9.17, 15) is 0 Å². The van der Waals surface area contributed by atoms with E-state index in [2.05, 4.69) is 424 Å². The second-order valence-corrected chi connectivity index (χ2v) is 28.7. The van der Waals surface area contributed by atoms with Crippen molar-refractivity contribution >= 4 is 78.0 Å². The zero-order chi connectivity index (χ0) is 72.8. The molecule has 17 aromatic carbocycles. The molecule has 1 aliphatic carbocycles. The quantitative estimate of drug-likeness (QED) is 0.109. The Kier molecular flexibility index (Phi) is 16.9. The predicted octanol–water partition coefficient (Wildman–Crippen LogP) is 29.8. The summed E-state index contributed by atoms with van der Waals surface area (Å²) < 4.78 is 13.3. The summed E-state index contributed by atoms with van der Waals surface area (Å²) in [6.07, 6.45) is 0. The minimum atomic E-state index is -0.136. The van der Waals surface area contributed by atoms with Crippen LogP contribution >= 0.6 is 0 Å². The Labute approximate surface area is 635 Å². The third-order valence-corrected chi connectivity index (χ3v) is 21.8. The lowest BCUT2D eigenvalue weighted by Crippen LogP contribution is -2.17. The van der Waals surface area contributed by atoms with Crippen LogP contribution in [0.3, 0.4) is 0 Å². The van der Waals surface area contributed by atoms with Crippen LogP contribution in [0.5, 0.6) is 0 Å². The molecule has 0 unspecified atom stereocenters. The summed E-state index contributed by atoms with van der Waals surface area (Å²) in [4.78, 5) is 4.78. The van der Waals surface area contributed by atoms with E-state index in [1.165, 1.54) is 77.9 Å². The van der Waals surface area contributed by atoms with Crippen molar-refractivity contribution in [2.75, 3.05) is 9.80 Å². The lowest BCUT2D eigenvalue weighted by Gasteiger charge is -2.30. The number of furan rings is 2. The van der Waals surface area contributed by atoms with Gasteiger partial charge in [0.2, 0.25) is 0 Å². The van der Waals surface area contributed by atoms with Crippen molar-refractivity contribution in [3.8, 4) is 100 Å². The Morgan fingerprint density at radius 2 is 0.523 bits per heavy atom. The lowest BCUT2D eigenvalue weighted by molar-refractivity contribution is 0.660. The van der Waals surface area contributed by atoms with E-state index in [1.807, 2.05) is 12.1 Å². The Hall–Kier alpha value is -14.1. The van der Waals surface area contributed by atoms with E-state index in [4.69, 9.17) is 8.83 Å². The van der Waals surface area contributed by atoms with Crippen LogP contribution in [0.2, 0.25) is 0 Å². The third kappa shape index (κ3) is 12.4. The molecule has 0 fully saturated rings. The van der Waals surface area contributed by atoms with Gasteiger partial charge in [0.1, 0.15) is 22.3 Å². The van der Waals surface area contributed by atoms with Gasteiger partial charge in [0.05, 0.1) is 5.69 Å². The molecule has 0 spiro atoms. The molecule has 0 saturated carbocycles. The number of anilines is 6. The molecule has 0 aliphatic heterocycles. The van der Waals surface area contributed by atoms with Gasteiger partial charge in [-0.1, -0.05) is 335 Å². The maximum absolute atomic E-state index is 6.70. The van der Waals surface area contributed by atoms with Crippen LogP contribution in [0, 0.1) is 0 Å². The van der Waals surface area contributed by atoms with Crippen molar-refractivity contribution in [1.29, 1.82) is 0 Å². The van der Waals surface area contributed by atoms with Gasteiger partial charge < -0.3 is 18.6 Å². The van der Waals surface area contributed by atoms with Crippen LogP contribution in [0.15, 0.2) is 421 Å². The first-order chi connectivity index (χ1) is 53.8. The zero-order valence-corrected chi connectivity index (χ0v) is 60.5. The summed E-state index contributed by atoms with van der Waals surface area (Å²) in [5, 5.41) is 4.43. The van der Waals surface area contributed by atoms with Gasteiger partial charge in [-0.25, -0.2) is 0 Å². The third-order valence-electron chi connectivity index (χ3n) is 21.8. The highest BCUT2D eigenvalue weighted by Crippen LogP contribution is 2.53. The minimum Gasteiger partial charge on any atom is -0.455 e. The lowest BCUT2D eigenvalue weighted by atomic mass is 9.82. The SMILES string of the molecule is CC1(C)c2ccccc2-c2ccc(N(c3cc(-c4ccc(-c5ccccc5)cc4)c4oc5ccccc5c4c3)c3ccccc3-c3ccccc3)cc21.c1ccc(-c2ccc(-c3cc(-c4ccc(N(c5ccc(-c6ccccc6)cc5)c5ccc(-c6ccccc6)cc5)cc4)cc4c3oc3ccccc34)cc2)cc1. The topological polar surface area (TPSA) is 32.8 Å². The smallest absolute Gasteiger partial charge is 0.143 e. The van der Waals surface area contributed by atoms with E-state index in [1.54, 1.807) is 0 Å². The summed E-state index contributed by atoms with van der Waals surface area (Å²) in [6, 6.07) is 148. The number of hydrogen-bond acceptors (Lipinski definition) is 4. The fourth-order valence-electron chi connectivity index (χ4n) is 16.2. The molecular weight excluding hydrogens is 1320 g/mol. The van der Waals surface area contributed by atoms with E-state index in [-0.39, 0.29) is 5.41 Å². The second kappa shape index (κ2) is 28.1. The molecule has 0 bridgehead atoms. The van der Waals surface area contributed by atoms with Gasteiger partial charge in [0, 0.05) is 72.1 Å². The molecule has 516 valence electrons. The molecule has 0 radical (unpaired) electrons. The Bertz CT molecular complexity index is 6410. The van der Waals surface area contributed by atoms with Crippen molar-refractivity contribution in [3.63, 3.8) is 0 Å². The largest absolute Gasteiger partial charge is 0.455 e. The Morgan fingerprint density at radius 3 is 1.00 bits per heavy atom. The van der Waals surface area contributed by atoms with Gasteiger partial charge in [-0.05, 0) is 186 Å². The number of fused-ring (bicyclic) bond motifs is 9. The maximum Gasteiger partial charge on any atom is 0.143 e. The van der Waals surface area contributed by atoms with Gasteiger partial charge in [-0.3, -0.25) is 0 Å². The van der Waals surface area contributed by atoms with Gasteiger partial charge in [-0.15, -0.1) is 0 Å². The molecule has 19 aromatic rings. The monoisotopic (exact) mass is 1390 g/mol. The Morgan fingerprint density at radius 1 is 0.193 bits per heavy atom. The fourth-order valence-corrected chi connectivity index (χ4v) is 16.2. The van der Waals surface area contributed by atoms with E-state index >= 15 is 0 Å². The van der Waals surface area contributed by atoms with E-state index < -0.39 is 0 Å². The molecule has 2 aromatic heterocycles. The molecule has 2 heterocycles. The average Bonchev–Trinajstić information content (AvgIpc) is 1.59. The van der Waals surface area contributed by atoms with Crippen LogP contribution in [0.25, 0.3) is 144 Å². The van der Waals surface area contributed by atoms with Crippen molar-refractivity contribution in [2.24, 2.45) is 0 Å². The van der Waals surface area contributed by atoms with Crippen LogP contribution in [0.4, 0.5) is 34.1 Å². The van der Waals surface area contributed by atoms with Crippen LogP contribution in [-0.2, 0) is 5.41 Å². The highest BCUT2D eigenvalue weighted by molar-refractivity contribution is 6.13. The highest BCUT2D eigenvalue weighted by atomic mass is 16.3. The molecule has 1 aliphatic rings. The van der Waals surface area contributed by atoms with Gasteiger partial charge in [0.25, 0.3) is 0 Å². The van der Waals surface area contributed by atoms with Crippen LogP contribution in [0.1, 0.15) is 25.0 Å². The fraction of sp³-hybridized carbons (Fsp3) is 0.0286. The number of para-hydroxylation sites is 3. The standard InChI is InChI=1S/C54H37NO.C51H37NO/c1-4-12-38(13-5-1)41-20-22-45(23-21-41)51-36-46(37-52-50-18-10-11-19-53(50)56-54(51)52)44-28-34-49(35-29-44)55(47-30-24-42(25-31-47)39-14-6-2-7-15-39)48-32-26-43(27-33-48)40-16-8-3-9-17-40;1-51(2)46-22-12-9-20-41(46)42-30-29-38(33-47(42)51)52(48-23-13-10-19-40(48)36-17-7-4-8-18-36)39-31-44(50-45(32-39)43-21-11-14-24-49(43)53-50)37-27-25-35(26-28-37)34-15-5-3-6-16-34/h1-37H;3-33H,1-2H3. The van der Waals surface area contributed by atoms with Gasteiger partial charge >= 0.3 is 0 Å². The number of nitrogens with zero attached hydrogens (tertiary/aromatic N) is 2. The average molecular weight is 1400 g/mol. The van der Waals surface area contributed by atoms with Gasteiger partial charge in [-0.2, -0.15) is 0 Å². The first kappa shape index (κ1) is 65.7. The summed E-state index contributed by atoms with van der Waals surface area (Å²) in [7, 11) is 0. The molecule has 0 saturated heterocycles. The normalized spacial score (nSPS) is 12.0. The molecule has 0 amide bonds. The summed E-state index contributed by atoms with van der Waals surface area (Å²) in [6.45, 7) is 4.70. The molecule has 0 N–H and O–H groups in total. The summed E-state index contributed by atoms with van der Waals surface area (Å²) >= 11 is 0. The van der Waals surface area contributed by atoms with Crippen molar-refractivity contribution in [2.45, 2.75) is 19.3 Å². The van der Waals surface area contributed by atoms with E-state index in [0.717, 1.165) is 111 Å². The Balaban J connectivity index is 0.000000148. The maximum atomic E-state index is 6.70. The summed E-state index contributed by atoms with van der Waals surface area (Å²) in [5.41, 5.74) is 33.9. The highest BCUT2D eigenvalue weighted by Gasteiger charge is 2.36. The van der Waals surface area contributed by atoms with E-state index in [0.29, 0.717) is 0 Å². The zero-order valence-electron chi connectivity index (χ0n) is 60.5. The number of benzene rings is 17. The minimum absolute atomic E-state index is 0.136. The van der Waals surface area contributed by atoms with Gasteiger partial charge in [0.15, 0.2) is 0 Å². The van der Waals surface area contributed by atoms with Crippen molar-refractivity contribution in [1.82, 2.24) is 0 Å². The molecule has 4 nitrogen and oxygen atoms in total. The number of rotatable bonds is 14. The predicted molar refractivity (Wildman–Crippen MR) is 458 cm³/mol. The first-order valence-electron chi connectivity index (χ1n) is 37.4. The van der Waals surface area contributed by atoms with Crippen LogP contribution in [-0.4, -0.2) is 0 Å². The molecule has 0 atom stereocenters. The molecule has 109 heavy (non-hydrogen) atoms. The summed E-state index contributed by atoms with van der Waals surface area (Å²) in [5.74, 6) is 0. The van der Waals surface area contributed by atoms with Crippen molar-refractivity contribution in [3.05, 3.63) is 424 Å².